The zero-order chi connectivity index (χ0) is 20.6. The van der Waals surface area contributed by atoms with Crippen molar-refractivity contribution in [1.29, 1.82) is 0 Å². The number of esters is 1. The van der Waals surface area contributed by atoms with Crippen molar-refractivity contribution in [2.75, 3.05) is 13.2 Å². The number of benzene rings is 1. The van der Waals surface area contributed by atoms with Gasteiger partial charge < -0.3 is 20.1 Å². The van der Waals surface area contributed by atoms with E-state index in [9.17, 15) is 14.4 Å². The van der Waals surface area contributed by atoms with E-state index >= 15 is 0 Å². The Morgan fingerprint density at radius 2 is 1.93 bits per heavy atom. The van der Waals surface area contributed by atoms with Crippen LogP contribution in [0.3, 0.4) is 0 Å². The summed E-state index contributed by atoms with van der Waals surface area (Å²) < 4.78 is 10.1. The van der Waals surface area contributed by atoms with Gasteiger partial charge in [0.2, 0.25) is 0 Å². The molecule has 1 aromatic carbocycles. The molecule has 7 nitrogen and oxygen atoms in total. The summed E-state index contributed by atoms with van der Waals surface area (Å²) in [5.74, 6) is -0.771. The summed E-state index contributed by atoms with van der Waals surface area (Å²) in [7, 11) is 0. The molecule has 1 aliphatic carbocycles. The molecule has 0 spiro atoms. The van der Waals surface area contributed by atoms with Gasteiger partial charge in [0, 0.05) is 13.0 Å². The number of amides is 2. The minimum atomic E-state index is -0.560. The molecule has 154 valence electrons. The first kappa shape index (κ1) is 21.7. The van der Waals surface area contributed by atoms with Gasteiger partial charge in [0.05, 0.1) is 6.04 Å². The molecule has 1 aliphatic rings. The molecule has 7 heteroatoms. The second-order valence-electron chi connectivity index (χ2n) is 7.90. The number of nitrogens with one attached hydrogen (secondary N) is 2. The topological polar surface area (TPSA) is 93.7 Å². The van der Waals surface area contributed by atoms with Gasteiger partial charge >= 0.3 is 12.1 Å². The summed E-state index contributed by atoms with van der Waals surface area (Å²) in [5.41, 5.74) is 1.84. The molecule has 0 aliphatic heterocycles. The fourth-order valence-corrected chi connectivity index (χ4v) is 3.10. The van der Waals surface area contributed by atoms with Gasteiger partial charge in [0.15, 0.2) is 6.61 Å². The number of alkyl carbamates (subject to hydrolysis) is 1. The summed E-state index contributed by atoms with van der Waals surface area (Å²) in [5, 5.41) is 5.52. The highest BCUT2D eigenvalue weighted by Crippen LogP contribution is 2.29. The van der Waals surface area contributed by atoms with E-state index in [0.717, 1.165) is 24.8 Å². The summed E-state index contributed by atoms with van der Waals surface area (Å²) in [6.07, 6.45) is 2.94. The zero-order valence-electron chi connectivity index (χ0n) is 16.9. The van der Waals surface area contributed by atoms with E-state index in [0.29, 0.717) is 13.0 Å². The first-order valence-electron chi connectivity index (χ1n) is 9.74. The average molecular weight is 390 g/mol. The molecular formula is C21H30N2O5. The van der Waals surface area contributed by atoms with Crippen molar-refractivity contribution < 1.29 is 23.9 Å². The highest BCUT2D eigenvalue weighted by molar-refractivity contribution is 5.81. The molecule has 28 heavy (non-hydrogen) atoms. The van der Waals surface area contributed by atoms with Gasteiger partial charge in [0.1, 0.15) is 5.60 Å². The lowest BCUT2D eigenvalue weighted by molar-refractivity contribution is -0.148. The number of fused-ring (bicyclic) bond motifs is 1. The second kappa shape index (κ2) is 10.1. The molecule has 0 fully saturated rings. The van der Waals surface area contributed by atoms with E-state index in [1.807, 2.05) is 18.2 Å². The highest BCUT2D eigenvalue weighted by Gasteiger charge is 2.21. The Bertz CT molecular complexity index is 696. The Kier molecular flexibility index (Phi) is 7.84. The van der Waals surface area contributed by atoms with Crippen molar-refractivity contribution in [2.24, 2.45) is 0 Å². The molecular weight excluding hydrogens is 360 g/mol. The summed E-state index contributed by atoms with van der Waals surface area (Å²) in [6, 6.07) is 8.05. The number of rotatable bonds is 7. The van der Waals surface area contributed by atoms with Gasteiger partial charge in [-0.15, -0.1) is 0 Å². The Labute approximate surface area is 166 Å². The van der Waals surface area contributed by atoms with Crippen LogP contribution < -0.4 is 10.6 Å². The highest BCUT2D eigenvalue weighted by atomic mass is 16.6. The van der Waals surface area contributed by atoms with Crippen LogP contribution in [0.25, 0.3) is 0 Å². The molecule has 2 amide bonds. The number of carbonyl (C=O) groups excluding carboxylic acids is 3. The smallest absolute Gasteiger partial charge is 0.407 e. The molecule has 0 aromatic heterocycles. The number of ether oxygens (including phenoxy) is 2. The van der Waals surface area contributed by atoms with E-state index in [4.69, 9.17) is 9.47 Å². The van der Waals surface area contributed by atoms with Crippen LogP contribution in [-0.2, 0) is 25.5 Å². The predicted molar refractivity (Wildman–Crippen MR) is 105 cm³/mol. The van der Waals surface area contributed by atoms with E-state index in [1.54, 1.807) is 20.8 Å². The quantitative estimate of drug-likeness (QED) is 0.551. The maximum absolute atomic E-state index is 12.1. The van der Waals surface area contributed by atoms with Gasteiger partial charge in [-0.25, -0.2) is 4.79 Å². The van der Waals surface area contributed by atoms with Gasteiger partial charge in [0.25, 0.3) is 5.91 Å². The minimum Gasteiger partial charge on any atom is -0.456 e. The largest absolute Gasteiger partial charge is 0.456 e. The third-order valence-electron chi connectivity index (χ3n) is 4.29. The molecule has 2 N–H and O–H groups in total. The van der Waals surface area contributed by atoms with E-state index in [-0.39, 0.29) is 25.0 Å². The molecule has 2 rings (SSSR count). The van der Waals surface area contributed by atoms with Crippen molar-refractivity contribution in [2.45, 2.75) is 64.5 Å². The maximum atomic E-state index is 12.1. The molecule has 0 saturated heterocycles. The molecule has 1 aromatic rings. The lowest BCUT2D eigenvalue weighted by Gasteiger charge is -2.26. The SMILES string of the molecule is CC(C)(C)OC(=O)NCCCC(=O)OCC(=O)N[C@@H]1CCCc2ccccc21. The molecule has 0 bridgehead atoms. The standard InChI is InChI=1S/C21H30N2O5/c1-21(2,3)28-20(26)22-13-7-12-19(25)27-14-18(24)23-17-11-6-9-15-8-4-5-10-16(15)17/h4-5,8,10,17H,6-7,9,11-14H2,1-3H3,(H,22,26)(H,23,24)/t17-/m1/s1. The maximum Gasteiger partial charge on any atom is 0.407 e. The summed E-state index contributed by atoms with van der Waals surface area (Å²) in [4.78, 5) is 35.4. The minimum absolute atomic E-state index is 0.0332. The van der Waals surface area contributed by atoms with Gasteiger partial charge in [-0.05, 0) is 57.6 Å². The summed E-state index contributed by atoms with van der Waals surface area (Å²) >= 11 is 0. The van der Waals surface area contributed by atoms with Crippen molar-refractivity contribution in [3.63, 3.8) is 0 Å². The van der Waals surface area contributed by atoms with Gasteiger partial charge in [-0.2, -0.15) is 0 Å². The third-order valence-corrected chi connectivity index (χ3v) is 4.29. The fraction of sp³-hybridized carbons (Fsp3) is 0.571. The van der Waals surface area contributed by atoms with Crippen LogP contribution >= 0.6 is 0 Å². The van der Waals surface area contributed by atoms with Crippen LogP contribution in [0.2, 0.25) is 0 Å². The monoisotopic (exact) mass is 390 g/mol. The van der Waals surface area contributed by atoms with E-state index < -0.39 is 17.7 Å². The van der Waals surface area contributed by atoms with E-state index in [1.165, 1.54) is 5.56 Å². The number of aryl methyl sites for hydroxylation is 1. The third kappa shape index (κ3) is 7.58. The van der Waals surface area contributed by atoms with Crippen molar-refractivity contribution in [3.05, 3.63) is 35.4 Å². The predicted octanol–water partition coefficient (Wildman–Crippen LogP) is 3.03. The number of carbonyl (C=O) groups is 3. The molecule has 0 unspecified atom stereocenters. The van der Waals surface area contributed by atoms with E-state index in [2.05, 4.69) is 16.7 Å². The number of hydrogen-bond donors (Lipinski definition) is 2. The van der Waals surface area contributed by atoms with Crippen LogP contribution in [-0.4, -0.2) is 36.7 Å². The normalized spacial score (nSPS) is 15.9. The molecule has 0 radical (unpaired) electrons. The Morgan fingerprint density at radius 3 is 2.68 bits per heavy atom. The fourth-order valence-electron chi connectivity index (χ4n) is 3.10. The summed E-state index contributed by atoms with van der Waals surface area (Å²) in [6.45, 7) is 5.34. The molecule has 1 atom stereocenters. The first-order chi connectivity index (χ1) is 13.2. The Balaban J connectivity index is 1.63. The molecule has 0 heterocycles. The Morgan fingerprint density at radius 1 is 1.18 bits per heavy atom. The van der Waals surface area contributed by atoms with Crippen LogP contribution in [0.1, 0.15) is 63.6 Å². The van der Waals surface area contributed by atoms with Gasteiger partial charge in [-0.1, -0.05) is 24.3 Å². The average Bonchev–Trinajstić information content (AvgIpc) is 2.62. The Hall–Kier alpha value is -2.57. The second-order valence-corrected chi connectivity index (χ2v) is 7.90. The van der Waals surface area contributed by atoms with Crippen LogP contribution in [0.4, 0.5) is 4.79 Å². The van der Waals surface area contributed by atoms with Gasteiger partial charge in [-0.3, -0.25) is 9.59 Å². The van der Waals surface area contributed by atoms with Crippen LogP contribution in [0.15, 0.2) is 24.3 Å². The van der Waals surface area contributed by atoms with Crippen molar-refractivity contribution >= 4 is 18.0 Å². The van der Waals surface area contributed by atoms with Crippen LogP contribution in [0.5, 0.6) is 0 Å². The van der Waals surface area contributed by atoms with Crippen molar-refractivity contribution in [1.82, 2.24) is 10.6 Å². The molecule has 0 saturated carbocycles. The van der Waals surface area contributed by atoms with Crippen LogP contribution in [0, 0.1) is 0 Å². The van der Waals surface area contributed by atoms with Crippen molar-refractivity contribution in [3.8, 4) is 0 Å². The lowest BCUT2D eigenvalue weighted by atomic mass is 9.88. The number of hydrogen-bond acceptors (Lipinski definition) is 5. The zero-order valence-corrected chi connectivity index (χ0v) is 16.9. The lowest BCUT2D eigenvalue weighted by Crippen LogP contribution is -2.34. The first-order valence-corrected chi connectivity index (χ1v) is 9.74.